The SMILES string of the molecule is CCCCC(=O)Cc1ccc(OC=O)cc1.O=COCCCC(=O)Cc1ccc(CC(=O)CCCC(=O)O)cc1. The topological polar surface area (TPSA) is 141 Å². The number of unbranched alkanes of at least 4 members (excludes halogenated alkanes) is 1. The van der Waals surface area contributed by atoms with E-state index in [1.807, 2.05) is 36.4 Å². The molecule has 0 atom stereocenters. The Hall–Kier alpha value is -4.14. The monoisotopic (exact) mass is 554 g/mol. The van der Waals surface area contributed by atoms with Crippen molar-refractivity contribution in [2.24, 2.45) is 0 Å². The Morgan fingerprint density at radius 3 is 1.52 bits per heavy atom. The van der Waals surface area contributed by atoms with Crippen LogP contribution in [0, 0.1) is 0 Å². The predicted molar refractivity (Wildman–Crippen MR) is 148 cm³/mol. The van der Waals surface area contributed by atoms with Crippen molar-refractivity contribution in [3.8, 4) is 5.75 Å². The van der Waals surface area contributed by atoms with Crippen molar-refractivity contribution in [2.45, 2.75) is 77.6 Å². The third-order valence-electron chi connectivity index (χ3n) is 5.78. The molecule has 0 aliphatic carbocycles. The molecule has 0 saturated carbocycles. The van der Waals surface area contributed by atoms with Crippen LogP contribution in [-0.2, 0) is 52.8 Å². The number of carboxylic acid groups (broad SMARTS) is 1. The molecule has 40 heavy (non-hydrogen) atoms. The second kappa shape index (κ2) is 20.8. The van der Waals surface area contributed by atoms with Crippen molar-refractivity contribution in [3.63, 3.8) is 0 Å². The first-order chi connectivity index (χ1) is 19.3. The highest BCUT2D eigenvalue weighted by atomic mass is 16.5. The number of carbonyl (C=O) groups excluding carboxylic acids is 5. The Morgan fingerprint density at radius 2 is 1.10 bits per heavy atom. The summed E-state index contributed by atoms with van der Waals surface area (Å²) in [5, 5.41) is 8.54. The maximum absolute atomic E-state index is 11.8. The van der Waals surface area contributed by atoms with Gasteiger partial charge >= 0.3 is 5.97 Å². The average molecular weight is 555 g/mol. The van der Waals surface area contributed by atoms with Gasteiger partial charge in [0.1, 0.15) is 23.1 Å². The van der Waals surface area contributed by atoms with E-state index in [2.05, 4.69) is 16.4 Å². The van der Waals surface area contributed by atoms with Crippen LogP contribution in [0.5, 0.6) is 5.75 Å². The Kier molecular flexibility index (Phi) is 17.6. The first kappa shape index (κ1) is 33.9. The van der Waals surface area contributed by atoms with Gasteiger partial charge < -0.3 is 14.6 Å². The van der Waals surface area contributed by atoms with Crippen LogP contribution in [0.3, 0.4) is 0 Å². The lowest BCUT2D eigenvalue weighted by Gasteiger charge is -2.04. The summed E-state index contributed by atoms with van der Waals surface area (Å²) in [6.07, 6.45) is 5.17. The number of rotatable bonds is 20. The van der Waals surface area contributed by atoms with Gasteiger partial charge in [0.15, 0.2) is 0 Å². The van der Waals surface area contributed by atoms with Crippen LogP contribution < -0.4 is 4.74 Å². The fourth-order valence-electron chi connectivity index (χ4n) is 3.68. The number of hydrogen-bond donors (Lipinski definition) is 1. The third-order valence-corrected chi connectivity index (χ3v) is 5.78. The van der Waals surface area contributed by atoms with Crippen molar-refractivity contribution >= 4 is 36.3 Å². The number of ether oxygens (including phenoxy) is 2. The van der Waals surface area contributed by atoms with Gasteiger partial charge in [0.2, 0.25) is 0 Å². The molecule has 0 saturated heterocycles. The number of carbonyl (C=O) groups is 6. The first-order valence-corrected chi connectivity index (χ1v) is 13.4. The van der Waals surface area contributed by atoms with Crippen LogP contribution in [-0.4, -0.2) is 48.0 Å². The second-order valence-corrected chi connectivity index (χ2v) is 9.24. The number of ketones is 3. The minimum absolute atomic E-state index is 0.00464. The highest BCUT2D eigenvalue weighted by Crippen LogP contribution is 2.13. The van der Waals surface area contributed by atoms with Crippen LogP contribution >= 0.6 is 0 Å². The van der Waals surface area contributed by atoms with E-state index < -0.39 is 5.97 Å². The van der Waals surface area contributed by atoms with Crippen LogP contribution in [0.1, 0.15) is 75.0 Å². The minimum Gasteiger partial charge on any atom is -0.481 e. The molecule has 0 aliphatic rings. The molecule has 2 aromatic rings. The molecule has 0 amide bonds. The fraction of sp³-hybridized carbons (Fsp3) is 0.419. The predicted octanol–water partition coefficient (Wildman–Crippen LogP) is 4.64. The smallest absolute Gasteiger partial charge is 0.303 e. The molecule has 1 N–H and O–H groups in total. The molecule has 0 heterocycles. The van der Waals surface area contributed by atoms with Crippen LogP contribution in [0.2, 0.25) is 0 Å². The standard InChI is InChI=1S/C18H22O6.C13H16O3/c19-13-24-10-2-4-17(21)12-15-8-6-14(7-9-15)11-16(20)3-1-5-18(22)23;1-2-3-4-12(15)9-11-5-7-13(8-6-11)16-10-14/h6-9,13H,1-5,10-12H2,(H,22,23);5-8,10H,2-4,9H2,1H3. The molecule has 9 heteroatoms. The normalized spacial score (nSPS) is 10.0. The molecule has 216 valence electrons. The van der Waals surface area contributed by atoms with Crippen molar-refractivity contribution < 1.29 is 43.3 Å². The van der Waals surface area contributed by atoms with Crippen molar-refractivity contribution in [1.82, 2.24) is 0 Å². The fourth-order valence-corrected chi connectivity index (χ4v) is 3.68. The lowest BCUT2D eigenvalue weighted by atomic mass is 10.0. The van der Waals surface area contributed by atoms with Gasteiger partial charge in [-0.2, -0.15) is 0 Å². The quantitative estimate of drug-likeness (QED) is 0.183. The number of benzene rings is 2. The minimum atomic E-state index is -0.894. The zero-order valence-electron chi connectivity index (χ0n) is 23.0. The number of aliphatic carboxylic acids is 1. The molecular weight excluding hydrogens is 516 g/mol. The van der Waals surface area contributed by atoms with E-state index in [0.29, 0.717) is 57.2 Å². The summed E-state index contributed by atoms with van der Waals surface area (Å²) in [6, 6.07) is 14.3. The molecule has 0 bridgehead atoms. The molecule has 2 aromatic carbocycles. The van der Waals surface area contributed by atoms with Crippen LogP contribution in [0.15, 0.2) is 48.5 Å². The van der Waals surface area contributed by atoms with Crippen molar-refractivity contribution in [2.75, 3.05) is 6.61 Å². The number of Topliss-reactive ketones (excluding diaryl/α,β-unsaturated/α-hetero) is 3. The summed E-state index contributed by atoms with van der Waals surface area (Å²) in [7, 11) is 0. The largest absolute Gasteiger partial charge is 0.481 e. The molecular formula is C31H38O9. The Morgan fingerprint density at radius 1 is 0.650 bits per heavy atom. The Balaban J connectivity index is 0.000000433. The Bertz CT molecular complexity index is 1070. The van der Waals surface area contributed by atoms with Gasteiger partial charge in [-0.3, -0.25) is 28.8 Å². The van der Waals surface area contributed by atoms with E-state index in [4.69, 9.17) is 5.11 Å². The highest BCUT2D eigenvalue weighted by molar-refractivity contribution is 5.82. The molecule has 0 aromatic heterocycles. The van der Waals surface area contributed by atoms with Gasteiger partial charge in [0.25, 0.3) is 12.9 Å². The number of carboxylic acids is 1. The Labute approximate surface area is 234 Å². The molecule has 9 nitrogen and oxygen atoms in total. The van der Waals surface area contributed by atoms with Gasteiger partial charge in [0.05, 0.1) is 6.61 Å². The maximum Gasteiger partial charge on any atom is 0.303 e. The van der Waals surface area contributed by atoms with E-state index in [1.165, 1.54) is 0 Å². The van der Waals surface area contributed by atoms with E-state index in [9.17, 15) is 28.8 Å². The van der Waals surface area contributed by atoms with E-state index in [-0.39, 0.29) is 43.2 Å². The van der Waals surface area contributed by atoms with Crippen molar-refractivity contribution in [3.05, 3.63) is 65.2 Å². The highest BCUT2D eigenvalue weighted by Gasteiger charge is 2.08. The van der Waals surface area contributed by atoms with Crippen LogP contribution in [0.4, 0.5) is 0 Å². The second-order valence-electron chi connectivity index (χ2n) is 9.24. The summed E-state index contributed by atoms with van der Waals surface area (Å²) in [4.78, 5) is 65.5. The summed E-state index contributed by atoms with van der Waals surface area (Å²) in [6.45, 7) is 3.07. The van der Waals surface area contributed by atoms with Crippen molar-refractivity contribution in [1.29, 1.82) is 0 Å². The first-order valence-electron chi connectivity index (χ1n) is 13.4. The van der Waals surface area contributed by atoms with Gasteiger partial charge in [-0.1, -0.05) is 49.7 Å². The van der Waals surface area contributed by atoms with Gasteiger partial charge in [-0.15, -0.1) is 0 Å². The molecule has 0 radical (unpaired) electrons. The van der Waals surface area contributed by atoms with E-state index >= 15 is 0 Å². The lowest BCUT2D eigenvalue weighted by Crippen LogP contribution is -2.06. The molecule has 0 aliphatic heterocycles. The summed E-state index contributed by atoms with van der Waals surface area (Å²) in [5.74, 6) is -0.0579. The summed E-state index contributed by atoms with van der Waals surface area (Å²) < 4.78 is 9.20. The zero-order valence-corrected chi connectivity index (χ0v) is 23.0. The van der Waals surface area contributed by atoms with E-state index in [0.717, 1.165) is 29.5 Å². The van der Waals surface area contributed by atoms with Gasteiger partial charge in [-0.05, 0) is 48.1 Å². The molecule has 0 fully saturated rings. The summed E-state index contributed by atoms with van der Waals surface area (Å²) in [5.41, 5.74) is 2.68. The van der Waals surface area contributed by atoms with Gasteiger partial charge in [0, 0.05) is 44.9 Å². The van der Waals surface area contributed by atoms with Gasteiger partial charge in [-0.25, -0.2) is 0 Å². The maximum atomic E-state index is 11.8. The zero-order chi connectivity index (χ0) is 29.6. The van der Waals surface area contributed by atoms with Crippen LogP contribution in [0.25, 0.3) is 0 Å². The number of hydrogen-bond acceptors (Lipinski definition) is 8. The molecule has 2 rings (SSSR count). The average Bonchev–Trinajstić information content (AvgIpc) is 2.92. The van der Waals surface area contributed by atoms with E-state index in [1.54, 1.807) is 12.1 Å². The molecule has 0 unspecified atom stereocenters. The third kappa shape index (κ3) is 16.7. The summed E-state index contributed by atoms with van der Waals surface area (Å²) >= 11 is 0. The molecule has 0 spiro atoms. The lowest BCUT2D eigenvalue weighted by molar-refractivity contribution is -0.137.